The molecule has 4 rings (SSSR count). The van der Waals surface area contributed by atoms with Crippen molar-refractivity contribution in [1.82, 2.24) is 5.32 Å². The molecule has 1 heterocycles. The Kier molecular flexibility index (Phi) is 5.42. The van der Waals surface area contributed by atoms with Crippen molar-refractivity contribution in [1.29, 1.82) is 0 Å². The Morgan fingerprint density at radius 2 is 1.77 bits per heavy atom. The molecule has 4 nitrogen and oxygen atoms in total. The summed E-state index contributed by atoms with van der Waals surface area (Å²) in [6.45, 7) is 15.7. The van der Waals surface area contributed by atoms with Gasteiger partial charge in [-0.2, -0.15) is 0 Å². The first-order valence-electron chi connectivity index (χ1n) is 12.5. The average molecular weight is 430 g/mol. The average Bonchev–Trinajstić information content (AvgIpc) is 2.97. The highest BCUT2D eigenvalue weighted by molar-refractivity contribution is 5.83. The highest BCUT2D eigenvalue weighted by Crippen LogP contribution is 2.65. The van der Waals surface area contributed by atoms with Crippen molar-refractivity contribution in [2.45, 2.75) is 105 Å². The van der Waals surface area contributed by atoms with Crippen LogP contribution in [-0.2, 0) is 14.3 Å². The lowest BCUT2D eigenvalue weighted by Gasteiger charge is -2.58. The van der Waals surface area contributed by atoms with Crippen LogP contribution >= 0.6 is 0 Å². The van der Waals surface area contributed by atoms with Gasteiger partial charge in [-0.15, -0.1) is 0 Å². The SMILES string of the molecule is CC(C)(C)CC(C)(C)NC(=O)[C@H]1CC[C@H]2[C@@H]3CC[C@H]4OC(=O)C=C[C@]4(C)[C@H]3CC[C@]12C. The molecule has 1 amide bonds. The van der Waals surface area contributed by atoms with E-state index in [0.717, 1.165) is 44.9 Å². The lowest BCUT2D eigenvalue weighted by molar-refractivity contribution is -0.168. The van der Waals surface area contributed by atoms with Crippen LogP contribution in [-0.4, -0.2) is 23.5 Å². The minimum atomic E-state index is -0.191. The second kappa shape index (κ2) is 7.35. The zero-order valence-electron chi connectivity index (χ0n) is 20.7. The fraction of sp³-hybridized carbons (Fsp3) is 0.852. The van der Waals surface area contributed by atoms with E-state index in [1.54, 1.807) is 6.08 Å². The Labute approximate surface area is 189 Å². The summed E-state index contributed by atoms with van der Waals surface area (Å²) in [5.74, 6) is 1.97. The van der Waals surface area contributed by atoms with Gasteiger partial charge in [0, 0.05) is 22.9 Å². The van der Waals surface area contributed by atoms with E-state index in [4.69, 9.17) is 4.74 Å². The van der Waals surface area contributed by atoms with Crippen molar-refractivity contribution >= 4 is 11.9 Å². The van der Waals surface area contributed by atoms with E-state index in [9.17, 15) is 9.59 Å². The van der Waals surface area contributed by atoms with Gasteiger partial charge in [0.25, 0.3) is 0 Å². The van der Waals surface area contributed by atoms with Crippen LogP contribution in [0.5, 0.6) is 0 Å². The Morgan fingerprint density at radius 1 is 1.06 bits per heavy atom. The third kappa shape index (κ3) is 3.97. The van der Waals surface area contributed by atoms with Crippen LogP contribution in [0, 0.1) is 39.9 Å². The van der Waals surface area contributed by atoms with Gasteiger partial charge in [0.05, 0.1) is 0 Å². The number of carbonyl (C=O) groups excluding carboxylic acids is 2. The second-order valence-electron chi connectivity index (χ2n) is 13.4. The predicted octanol–water partition coefficient (Wildman–Crippen LogP) is 5.66. The van der Waals surface area contributed by atoms with E-state index >= 15 is 0 Å². The zero-order chi connectivity index (χ0) is 22.8. The van der Waals surface area contributed by atoms with Gasteiger partial charge in [-0.1, -0.05) is 40.7 Å². The van der Waals surface area contributed by atoms with Crippen molar-refractivity contribution in [3.63, 3.8) is 0 Å². The number of amides is 1. The van der Waals surface area contributed by atoms with Gasteiger partial charge in [-0.05, 0) is 87.4 Å². The van der Waals surface area contributed by atoms with Crippen LogP contribution in [0.25, 0.3) is 0 Å². The molecular weight excluding hydrogens is 386 g/mol. The van der Waals surface area contributed by atoms with Crippen LogP contribution < -0.4 is 5.32 Å². The molecular formula is C27H43NO3. The second-order valence-corrected chi connectivity index (χ2v) is 13.4. The van der Waals surface area contributed by atoms with E-state index in [1.807, 2.05) is 0 Å². The molecule has 0 radical (unpaired) electrons. The lowest BCUT2D eigenvalue weighted by atomic mass is 9.48. The Balaban J connectivity index is 1.51. The summed E-state index contributed by atoms with van der Waals surface area (Å²) in [4.78, 5) is 25.3. The summed E-state index contributed by atoms with van der Waals surface area (Å²) in [7, 11) is 0. The number of esters is 1. The largest absolute Gasteiger partial charge is 0.458 e. The van der Waals surface area contributed by atoms with Crippen molar-refractivity contribution in [2.24, 2.45) is 39.9 Å². The molecule has 7 atom stereocenters. The number of rotatable bonds is 3. The van der Waals surface area contributed by atoms with Gasteiger partial charge in [0.2, 0.25) is 5.91 Å². The normalized spacial score (nSPS) is 42.3. The molecule has 0 aromatic rings. The first-order valence-corrected chi connectivity index (χ1v) is 12.5. The van der Waals surface area contributed by atoms with Gasteiger partial charge in [-0.25, -0.2) is 4.79 Å². The summed E-state index contributed by atoms with van der Waals surface area (Å²) in [5, 5.41) is 3.44. The highest BCUT2D eigenvalue weighted by Gasteiger charge is 2.61. The summed E-state index contributed by atoms with van der Waals surface area (Å²) in [5.41, 5.74) is 0.0276. The molecule has 1 N–H and O–H groups in total. The minimum Gasteiger partial charge on any atom is -0.458 e. The summed E-state index contributed by atoms with van der Waals surface area (Å²) in [6.07, 6.45) is 11.2. The van der Waals surface area contributed by atoms with Gasteiger partial charge in [0.15, 0.2) is 0 Å². The van der Waals surface area contributed by atoms with Crippen molar-refractivity contribution in [2.75, 3.05) is 0 Å². The maximum absolute atomic E-state index is 13.5. The standard InChI is InChI=1S/C27H43NO3/c1-24(2,3)16-25(4,5)28-23(30)20-10-9-18-17-8-11-21-27(7,15-13-22(29)31-21)19(17)12-14-26(18,20)6/h13,15,17-21H,8-12,14,16H2,1-7H3,(H,28,30)/t17-,18-,19-,20+,21+,26-,27+/m0/s1. The third-order valence-corrected chi connectivity index (χ3v) is 9.28. The molecule has 0 spiro atoms. The lowest BCUT2D eigenvalue weighted by Crippen LogP contribution is -2.56. The quantitative estimate of drug-likeness (QED) is 0.589. The number of hydrogen-bond acceptors (Lipinski definition) is 3. The molecule has 0 aromatic carbocycles. The Hall–Kier alpha value is -1.32. The van der Waals surface area contributed by atoms with Gasteiger partial charge in [-0.3, -0.25) is 4.79 Å². The van der Waals surface area contributed by atoms with Crippen LogP contribution in [0.15, 0.2) is 12.2 Å². The van der Waals surface area contributed by atoms with E-state index < -0.39 is 0 Å². The topological polar surface area (TPSA) is 55.4 Å². The molecule has 174 valence electrons. The minimum absolute atomic E-state index is 0.0225. The Bertz CT molecular complexity index is 778. The van der Waals surface area contributed by atoms with Crippen molar-refractivity contribution < 1.29 is 14.3 Å². The third-order valence-electron chi connectivity index (χ3n) is 9.28. The van der Waals surface area contributed by atoms with Gasteiger partial charge in [0.1, 0.15) is 6.10 Å². The molecule has 0 saturated heterocycles. The fourth-order valence-corrected chi connectivity index (χ4v) is 8.42. The van der Waals surface area contributed by atoms with Crippen LogP contribution in [0.3, 0.4) is 0 Å². The molecule has 4 aliphatic rings. The first kappa shape index (κ1) is 22.9. The molecule has 0 unspecified atom stereocenters. The van der Waals surface area contributed by atoms with E-state index in [2.05, 4.69) is 59.9 Å². The molecule has 0 bridgehead atoms. The molecule has 1 aliphatic heterocycles. The van der Waals surface area contributed by atoms with Crippen LogP contribution in [0.4, 0.5) is 0 Å². The Morgan fingerprint density at radius 3 is 2.45 bits per heavy atom. The zero-order valence-corrected chi connectivity index (χ0v) is 20.7. The summed E-state index contributed by atoms with van der Waals surface area (Å²) in [6, 6.07) is 0. The smallest absolute Gasteiger partial charge is 0.330 e. The van der Waals surface area contributed by atoms with Crippen LogP contribution in [0.2, 0.25) is 0 Å². The maximum atomic E-state index is 13.5. The predicted molar refractivity (Wildman–Crippen MR) is 123 cm³/mol. The molecule has 3 saturated carbocycles. The van der Waals surface area contributed by atoms with E-state index in [1.165, 1.54) is 0 Å². The maximum Gasteiger partial charge on any atom is 0.330 e. The molecule has 4 heteroatoms. The van der Waals surface area contributed by atoms with Crippen molar-refractivity contribution in [3.8, 4) is 0 Å². The number of fused-ring (bicyclic) bond motifs is 5. The molecule has 31 heavy (non-hydrogen) atoms. The number of carbonyl (C=O) groups is 2. The summed E-state index contributed by atoms with van der Waals surface area (Å²) >= 11 is 0. The number of ether oxygens (including phenoxy) is 1. The molecule has 0 aromatic heterocycles. The van der Waals surface area contributed by atoms with Crippen LogP contribution in [0.1, 0.15) is 93.4 Å². The van der Waals surface area contributed by atoms with Crippen molar-refractivity contribution in [3.05, 3.63) is 12.2 Å². The monoisotopic (exact) mass is 429 g/mol. The van der Waals surface area contributed by atoms with Gasteiger partial charge < -0.3 is 10.1 Å². The number of nitrogens with one attached hydrogen (secondary N) is 1. The highest BCUT2D eigenvalue weighted by atomic mass is 16.5. The summed E-state index contributed by atoms with van der Waals surface area (Å²) < 4.78 is 5.74. The van der Waals surface area contributed by atoms with Gasteiger partial charge >= 0.3 is 5.97 Å². The van der Waals surface area contributed by atoms with E-state index in [-0.39, 0.29) is 45.7 Å². The van der Waals surface area contributed by atoms with E-state index in [0.29, 0.717) is 17.8 Å². The first-order chi connectivity index (χ1) is 14.3. The number of hydrogen-bond donors (Lipinski definition) is 1. The fourth-order valence-electron chi connectivity index (χ4n) is 8.42. The molecule has 3 aliphatic carbocycles. The molecule has 3 fully saturated rings.